The lowest BCUT2D eigenvalue weighted by atomic mass is 9.91. The zero-order chi connectivity index (χ0) is 21.7. The van der Waals surface area contributed by atoms with E-state index in [9.17, 15) is 8.94 Å². The Kier molecular flexibility index (Phi) is 5.24. The van der Waals surface area contributed by atoms with Gasteiger partial charge in [0.1, 0.15) is 22.6 Å². The molecule has 0 aliphatic carbocycles. The summed E-state index contributed by atoms with van der Waals surface area (Å²) in [5.41, 5.74) is 0.700. The second kappa shape index (κ2) is 7.47. The standard InChI is InChI=1S/C21H21BrFN5OS/c1-20(2)19(24)28-21(3,11-30(20)29)15-9-14(4-5-16(15)23)27-18-17-12(6-7-25-18)8-13(22)10-26-17/h4-10H,11H2,1-3H3,(H2,24,28)(H,25,27)/t21-,30-/m0/s1. The van der Waals surface area contributed by atoms with Crippen LogP contribution in [0.3, 0.4) is 0 Å². The van der Waals surface area contributed by atoms with Crippen molar-refractivity contribution in [3.05, 3.63) is 58.6 Å². The van der Waals surface area contributed by atoms with Crippen molar-refractivity contribution in [3.8, 4) is 0 Å². The van der Waals surface area contributed by atoms with Gasteiger partial charge in [-0.1, -0.05) is 0 Å². The number of nitrogens with one attached hydrogen (secondary N) is 3. The molecule has 0 bridgehead atoms. The Morgan fingerprint density at radius 2 is 2.00 bits per heavy atom. The van der Waals surface area contributed by atoms with Crippen LogP contribution in [0.15, 0.2) is 47.2 Å². The third kappa shape index (κ3) is 3.66. The lowest BCUT2D eigenvalue weighted by Crippen LogP contribution is -2.64. The minimum atomic E-state index is -1.33. The first-order valence-electron chi connectivity index (χ1n) is 9.33. The number of benzene rings is 1. The van der Waals surface area contributed by atoms with Crippen molar-refractivity contribution in [1.29, 1.82) is 5.41 Å². The zero-order valence-electron chi connectivity index (χ0n) is 16.7. The van der Waals surface area contributed by atoms with Crippen LogP contribution in [0.2, 0.25) is 0 Å². The van der Waals surface area contributed by atoms with E-state index in [2.05, 4.69) is 36.5 Å². The van der Waals surface area contributed by atoms with Gasteiger partial charge in [0.05, 0.1) is 0 Å². The summed E-state index contributed by atoms with van der Waals surface area (Å²) in [5.74, 6) is 0.466. The smallest absolute Gasteiger partial charge is 0.176 e. The highest BCUT2D eigenvalue weighted by Crippen LogP contribution is 2.36. The van der Waals surface area contributed by atoms with E-state index in [0.29, 0.717) is 22.6 Å². The highest BCUT2D eigenvalue weighted by atomic mass is 79.9. The molecule has 0 unspecified atom stereocenters. The highest BCUT2D eigenvalue weighted by molar-refractivity contribution is 9.10. The van der Waals surface area contributed by atoms with Crippen molar-refractivity contribution in [2.24, 2.45) is 0 Å². The quantitative estimate of drug-likeness (QED) is 0.467. The average Bonchev–Trinajstić information content (AvgIpc) is 2.68. The van der Waals surface area contributed by atoms with Crippen molar-refractivity contribution in [2.75, 3.05) is 11.1 Å². The van der Waals surface area contributed by atoms with E-state index in [1.54, 1.807) is 45.3 Å². The second-order valence-corrected chi connectivity index (χ2v) is 11.0. The van der Waals surface area contributed by atoms with Crippen LogP contribution >= 0.6 is 15.9 Å². The Morgan fingerprint density at radius 1 is 1.23 bits per heavy atom. The number of amidine groups is 1. The van der Waals surface area contributed by atoms with Crippen LogP contribution in [0, 0.1) is 11.2 Å². The van der Waals surface area contributed by atoms with E-state index in [-0.39, 0.29) is 11.6 Å². The number of fused-ring (bicyclic) bond motifs is 1. The van der Waals surface area contributed by atoms with E-state index in [4.69, 9.17) is 5.41 Å². The number of hydrogen-bond acceptors (Lipinski definition) is 5. The van der Waals surface area contributed by atoms with Gasteiger partial charge in [-0.2, -0.15) is 0 Å². The van der Waals surface area contributed by atoms with Gasteiger partial charge in [0.15, 0.2) is 16.4 Å². The molecular weight excluding hydrogens is 469 g/mol. The third-order valence-corrected chi connectivity index (χ3v) is 8.00. The summed E-state index contributed by atoms with van der Waals surface area (Å²) >= 11 is 2.09. The number of nitrogens with zero attached hydrogens (tertiary/aromatic N) is 2. The molecule has 0 saturated carbocycles. The molecule has 9 heteroatoms. The third-order valence-electron chi connectivity index (χ3n) is 5.38. The van der Waals surface area contributed by atoms with Gasteiger partial charge in [0, 0.05) is 33.5 Å². The number of pyridine rings is 2. The molecule has 0 radical (unpaired) electrons. The number of rotatable bonds is 3. The first-order chi connectivity index (χ1) is 14.1. The normalized spacial score (nSPS) is 23.3. The molecule has 1 saturated heterocycles. The molecule has 1 aliphatic rings. The molecule has 3 N–H and O–H groups in total. The van der Waals surface area contributed by atoms with Gasteiger partial charge in [0.25, 0.3) is 0 Å². The second-order valence-electron chi connectivity index (χ2n) is 8.04. The van der Waals surface area contributed by atoms with Crippen LogP contribution in [-0.2, 0) is 16.7 Å². The van der Waals surface area contributed by atoms with Crippen molar-refractivity contribution in [1.82, 2.24) is 15.3 Å². The van der Waals surface area contributed by atoms with Crippen LogP contribution in [0.4, 0.5) is 15.9 Å². The Hall–Kier alpha value is -2.23. The summed E-state index contributed by atoms with van der Waals surface area (Å²) in [7, 11) is 0. The van der Waals surface area contributed by atoms with Gasteiger partial charge in [-0.05, 0) is 78.2 Å². The van der Waals surface area contributed by atoms with E-state index < -0.39 is 27.3 Å². The Labute approximate surface area is 185 Å². The molecule has 2 aromatic heterocycles. The van der Waals surface area contributed by atoms with Crippen molar-refractivity contribution >= 4 is 55.3 Å². The maximum absolute atomic E-state index is 14.8. The van der Waals surface area contributed by atoms with Gasteiger partial charge in [0.2, 0.25) is 0 Å². The number of aromatic nitrogens is 2. The molecular formula is C21H21BrFN5OS. The lowest BCUT2D eigenvalue weighted by Gasteiger charge is -2.44. The molecule has 0 spiro atoms. The topological polar surface area (TPSA) is 96.8 Å². The number of halogens is 2. The molecule has 3 aromatic rings. The summed E-state index contributed by atoms with van der Waals surface area (Å²) < 4.78 is 27.6. The molecule has 1 fully saturated rings. The molecule has 4 rings (SSSR count). The average molecular weight is 490 g/mol. The van der Waals surface area contributed by atoms with E-state index in [0.717, 1.165) is 9.86 Å². The summed E-state index contributed by atoms with van der Waals surface area (Å²) in [6, 6.07) is 8.47. The Balaban J connectivity index is 1.71. The van der Waals surface area contributed by atoms with Gasteiger partial charge in [-0.15, -0.1) is 0 Å². The largest absolute Gasteiger partial charge is 0.616 e. The molecule has 156 valence electrons. The van der Waals surface area contributed by atoms with Crippen LogP contribution < -0.4 is 10.6 Å². The molecule has 2 atom stereocenters. The molecule has 30 heavy (non-hydrogen) atoms. The summed E-state index contributed by atoms with van der Waals surface area (Å²) in [4.78, 5) is 8.81. The first-order valence-corrected chi connectivity index (χ1v) is 11.4. The maximum Gasteiger partial charge on any atom is 0.176 e. The fourth-order valence-corrected chi connectivity index (χ4v) is 5.19. The molecule has 0 amide bonds. The fraction of sp³-hybridized carbons (Fsp3) is 0.286. The van der Waals surface area contributed by atoms with E-state index >= 15 is 0 Å². The SMILES string of the molecule is CC1(C)C(=N)N[C@](C)(c2cc(Nc3nccc4cc(Br)cnc34)ccc2F)C[S@+]1[O-]. The molecule has 6 nitrogen and oxygen atoms in total. The van der Waals surface area contributed by atoms with Crippen LogP contribution in [0.1, 0.15) is 26.3 Å². The molecule has 1 aliphatic heterocycles. The summed E-state index contributed by atoms with van der Waals surface area (Å²) in [6.07, 6.45) is 3.38. The van der Waals surface area contributed by atoms with Crippen LogP contribution in [0.25, 0.3) is 10.9 Å². The molecule has 3 heterocycles. The molecule has 1 aromatic carbocycles. The minimum Gasteiger partial charge on any atom is -0.616 e. The predicted molar refractivity (Wildman–Crippen MR) is 122 cm³/mol. The van der Waals surface area contributed by atoms with Gasteiger partial charge >= 0.3 is 0 Å². The van der Waals surface area contributed by atoms with Crippen molar-refractivity contribution in [2.45, 2.75) is 31.1 Å². The lowest BCUT2D eigenvalue weighted by molar-refractivity contribution is 0.422. The first kappa shape index (κ1) is 21.0. The fourth-order valence-electron chi connectivity index (χ4n) is 3.45. The summed E-state index contributed by atoms with van der Waals surface area (Å²) in [5, 5.41) is 15.5. The van der Waals surface area contributed by atoms with Crippen molar-refractivity contribution < 1.29 is 8.94 Å². The summed E-state index contributed by atoms with van der Waals surface area (Å²) in [6.45, 7) is 5.28. The Morgan fingerprint density at radius 3 is 2.73 bits per heavy atom. The Bertz CT molecular complexity index is 1160. The van der Waals surface area contributed by atoms with E-state index in [1.165, 1.54) is 6.07 Å². The monoisotopic (exact) mass is 489 g/mol. The zero-order valence-corrected chi connectivity index (χ0v) is 19.1. The minimum absolute atomic E-state index is 0.137. The van der Waals surface area contributed by atoms with Crippen LogP contribution in [0.5, 0.6) is 0 Å². The van der Waals surface area contributed by atoms with Gasteiger partial charge < -0.3 is 15.2 Å². The number of hydrogen-bond donors (Lipinski definition) is 3. The van der Waals surface area contributed by atoms with Gasteiger partial charge in [-0.25, -0.2) is 9.37 Å². The predicted octanol–water partition coefficient (Wildman–Crippen LogP) is 4.60. The maximum atomic E-state index is 14.8. The van der Waals surface area contributed by atoms with Crippen LogP contribution in [-0.4, -0.2) is 30.9 Å². The number of anilines is 2. The highest BCUT2D eigenvalue weighted by Gasteiger charge is 2.50. The van der Waals surface area contributed by atoms with Gasteiger partial charge in [-0.3, -0.25) is 10.4 Å². The van der Waals surface area contributed by atoms with E-state index in [1.807, 2.05) is 12.1 Å². The van der Waals surface area contributed by atoms with Crippen molar-refractivity contribution in [3.63, 3.8) is 0 Å².